The van der Waals surface area contributed by atoms with Crippen molar-refractivity contribution in [1.29, 1.82) is 0 Å². The number of phenols is 1. The van der Waals surface area contributed by atoms with Gasteiger partial charge in [-0.25, -0.2) is 0 Å². The van der Waals surface area contributed by atoms with Crippen LogP contribution in [-0.4, -0.2) is 42.0 Å². The van der Waals surface area contributed by atoms with Crippen molar-refractivity contribution in [2.75, 3.05) is 26.2 Å². The standard InChI is InChI=1S/C29H35NO3S/c31-23-12-15-25-26(20-23)34-29(22-8-4-1-2-5-9-22)27(25)28(32)21-10-13-24(14-11-21)33-19-18-30-16-6-3-7-17-30/h10-15,20,22,31H,1-9,16-19H2. The number of fused-ring (bicyclic) bond motifs is 1. The maximum atomic E-state index is 13.8. The first kappa shape index (κ1) is 23.4. The number of rotatable bonds is 7. The molecule has 180 valence electrons. The Morgan fingerprint density at radius 1 is 0.941 bits per heavy atom. The van der Waals surface area contributed by atoms with Crippen LogP contribution in [0.5, 0.6) is 11.5 Å². The molecular formula is C29H35NO3S. The first-order chi connectivity index (χ1) is 16.7. The summed E-state index contributed by atoms with van der Waals surface area (Å²) >= 11 is 1.69. The van der Waals surface area contributed by atoms with Crippen LogP contribution in [0.4, 0.5) is 0 Å². The van der Waals surface area contributed by atoms with E-state index in [1.54, 1.807) is 23.5 Å². The number of thiophene rings is 1. The SMILES string of the molecule is O=C(c1ccc(OCCN2CCCCC2)cc1)c1c(C2CCCCCC2)sc2cc(O)ccc12. The average molecular weight is 478 g/mol. The number of ketones is 1. The molecule has 0 radical (unpaired) electrons. The molecular weight excluding hydrogens is 442 g/mol. The fourth-order valence-corrected chi connectivity index (χ4v) is 6.89. The Morgan fingerprint density at radius 2 is 1.65 bits per heavy atom. The molecule has 0 amide bonds. The molecule has 4 nitrogen and oxygen atoms in total. The molecule has 0 bridgehead atoms. The molecule has 5 rings (SSSR count). The van der Waals surface area contributed by atoms with Gasteiger partial charge in [0.25, 0.3) is 0 Å². The predicted octanol–water partition coefficient (Wildman–Crippen LogP) is 7.14. The number of phenolic OH excluding ortho intramolecular Hbond substituents is 1. The van der Waals surface area contributed by atoms with Crippen LogP contribution in [-0.2, 0) is 0 Å². The van der Waals surface area contributed by atoms with Crippen molar-refractivity contribution in [2.45, 2.75) is 63.7 Å². The molecule has 1 aliphatic carbocycles. The number of benzene rings is 2. The fourth-order valence-electron chi connectivity index (χ4n) is 5.49. The minimum Gasteiger partial charge on any atom is -0.508 e. The van der Waals surface area contributed by atoms with Crippen molar-refractivity contribution < 1.29 is 14.6 Å². The van der Waals surface area contributed by atoms with Crippen molar-refractivity contribution in [2.24, 2.45) is 0 Å². The first-order valence-corrected chi connectivity index (χ1v) is 13.8. The Morgan fingerprint density at radius 3 is 2.38 bits per heavy atom. The molecule has 1 saturated heterocycles. The van der Waals surface area contributed by atoms with Crippen LogP contribution in [0.25, 0.3) is 10.1 Å². The number of likely N-dealkylation sites (tertiary alicyclic amines) is 1. The fraction of sp³-hybridized carbons (Fsp3) is 0.483. The summed E-state index contributed by atoms with van der Waals surface area (Å²) < 4.78 is 6.97. The number of carbonyl (C=O) groups excluding carboxylic acids is 1. The van der Waals surface area contributed by atoms with Crippen molar-refractivity contribution in [3.8, 4) is 11.5 Å². The number of nitrogens with zero attached hydrogens (tertiary/aromatic N) is 1. The van der Waals surface area contributed by atoms with Crippen LogP contribution < -0.4 is 4.74 Å². The van der Waals surface area contributed by atoms with E-state index in [0.29, 0.717) is 18.1 Å². The molecule has 1 N–H and O–H groups in total. The summed E-state index contributed by atoms with van der Waals surface area (Å²) in [7, 11) is 0. The number of piperidine rings is 1. The lowest BCUT2D eigenvalue weighted by molar-refractivity contribution is 0.103. The highest BCUT2D eigenvalue weighted by Gasteiger charge is 2.26. The van der Waals surface area contributed by atoms with Gasteiger partial charge in [0.1, 0.15) is 18.1 Å². The van der Waals surface area contributed by atoms with Crippen LogP contribution in [0.3, 0.4) is 0 Å². The van der Waals surface area contributed by atoms with E-state index in [1.807, 2.05) is 30.3 Å². The zero-order valence-electron chi connectivity index (χ0n) is 19.9. The van der Waals surface area contributed by atoms with E-state index in [9.17, 15) is 9.90 Å². The monoisotopic (exact) mass is 477 g/mol. The van der Waals surface area contributed by atoms with E-state index >= 15 is 0 Å². The Kier molecular flexibility index (Phi) is 7.51. The van der Waals surface area contributed by atoms with Gasteiger partial charge < -0.3 is 9.84 Å². The number of carbonyl (C=O) groups is 1. The number of ether oxygens (including phenoxy) is 1. The Labute approximate surface area is 206 Å². The van der Waals surface area contributed by atoms with Crippen molar-refractivity contribution in [3.05, 3.63) is 58.5 Å². The highest BCUT2D eigenvalue weighted by Crippen LogP contribution is 2.43. The molecule has 0 atom stereocenters. The van der Waals surface area contributed by atoms with E-state index in [1.165, 1.54) is 62.9 Å². The van der Waals surface area contributed by atoms with Gasteiger partial charge in [0.15, 0.2) is 5.78 Å². The summed E-state index contributed by atoms with van der Waals surface area (Å²) in [5, 5.41) is 11.0. The number of aromatic hydroxyl groups is 1. The Balaban J connectivity index is 1.35. The van der Waals surface area contributed by atoms with E-state index < -0.39 is 0 Å². The maximum Gasteiger partial charge on any atom is 0.194 e. The topological polar surface area (TPSA) is 49.8 Å². The largest absolute Gasteiger partial charge is 0.508 e. The summed E-state index contributed by atoms with van der Waals surface area (Å²) in [6.45, 7) is 3.98. The van der Waals surface area contributed by atoms with Crippen LogP contribution in [0.15, 0.2) is 42.5 Å². The van der Waals surface area contributed by atoms with Gasteiger partial charge in [-0.05, 0) is 87.2 Å². The molecule has 2 aromatic carbocycles. The second-order valence-corrected chi connectivity index (χ2v) is 10.9. The second kappa shape index (κ2) is 10.9. The van der Waals surface area contributed by atoms with Gasteiger partial charge >= 0.3 is 0 Å². The van der Waals surface area contributed by atoms with Gasteiger partial charge in [-0.1, -0.05) is 32.1 Å². The smallest absolute Gasteiger partial charge is 0.194 e. The summed E-state index contributed by atoms with van der Waals surface area (Å²) in [6.07, 6.45) is 11.2. The molecule has 2 heterocycles. The molecule has 1 aliphatic heterocycles. The van der Waals surface area contributed by atoms with Crippen LogP contribution >= 0.6 is 11.3 Å². The summed E-state index contributed by atoms with van der Waals surface area (Å²) in [5.41, 5.74) is 1.54. The normalized spacial score (nSPS) is 18.1. The molecule has 1 saturated carbocycles. The van der Waals surface area contributed by atoms with Gasteiger partial charge in [-0.3, -0.25) is 9.69 Å². The van der Waals surface area contributed by atoms with E-state index in [0.717, 1.165) is 40.8 Å². The van der Waals surface area contributed by atoms with Gasteiger partial charge in [0.05, 0.1) is 0 Å². The van der Waals surface area contributed by atoms with Gasteiger partial charge in [-0.2, -0.15) is 0 Å². The Bertz CT molecular complexity index is 1110. The van der Waals surface area contributed by atoms with E-state index in [4.69, 9.17) is 4.74 Å². The summed E-state index contributed by atoms with van der Waals surface area (Å²) in [6, 6.07) is 13.1. The zero-order valence-corrected chi connectivity index (χ0v) is 20.7. The minimum absolute atomic E-state index is 0.0797. The second-order valence-electron chi connectivity index (χ2n) is 9.81. The van der Waals surface area contributed by atoms with Crippen molar-refractivity contribution in [3.63, 3.8) is 0 Å². The highest BCUT2D eigenvalue weighted by molar-refractivity contribution is 7.19. The lowest BCUT2D eigenvalue weighted by Crippen LogP contribution is -2.33. The molecule has 5 heteroatoms. The van der Waals surface area contributed by atoms with Gasteiger partial charge in [0, 0.05) is 32.6 Å². The maximum absolute atomic E-state index is 13.8. The molecule has 1 aromatic heterocycles. The molecule has 0 unspecified atom stereocenters. The first-order valence-electron chi connectivity index (χ1n) is 12.9. The van der Waals surface area contributed by atoms with Gasteiger partial charge in [0.2, 0.25) is 0 Å². The van der Waals surface area contributed by atoms with Crippen molar-refractivity contribution >= 4 is 27.2 Å². The molecule has 3 aromatic rings. The third-order valence-corrected chi connectivity index (χ3v) is 8.71. The average Bonchev–Trinajstić information content (AvgIpc) is 3.03. The van der Waals surface area contributed by atoms with Gasteiger partial charge in [-0.15, -0.1) is 11.3 Å². The van der Waals surface area contributed by atoms with E-state index in [-0.39, 0.29) is 11.5 Å². The summed E-state index contributed by atoms with van der Waals surface area (Å²) in [4.78, 5) is 17.5. The number of hydrogen-bond donors (Lipinski definition) is 1. The quantitative estimate of drug-likeness (QED) is 0.290. The van der Waals surface area contributed by atoms with E-state index in [2.05, 4.69) is 4.90 Å². The Hall–Kier alpha value is -2.37. The minimum atomic E-state index is 0.0797. The third kappa shape index (κ3) is 5.31. The van der Waals surface area contributed by atoms with Crippen molar-refractivity contribution in [1.82, 2.24) is 4.90 Å². The molecule has 2 aliphatic rings. The lowest BCUT2D eigenvalue weighted by Gasteiger charge is -2.26. The third-order valence-electron chi connectivity index (χ3n) is 7.40. The molecule has 2 fully saturated rings. The highest BCUT2D eigenvalue weighted by atomic mass is 32.1. The molecule has 34 heavy (non-hydrogen) atoms. The lowest BCUT2D eigenvalue weighted by atomic mass is 9.91. The van der Waals surface area contributed by atoms with Crippen LogP contribution in [0.2, 0.25) is 0 Å². The predicted molar refractivity (Wildman–Crippen MR) is 140 cm³/mol. The van der Waals surface area contributed by atoms with Crippen LogP contribution in [0, 0.1) is 0 Å². The number of hydrogen-bond acceptors (Lipinski definition) is 5. The summed E-state index contributed by atoms with van der Waals surface area (Å²) in [5.74, 6) is 1.58. The molecule has 0 spiro atoms. The van der Waals surface area contributed by atoms with Crippen LogP contribution in [0.1, 0.15) is 84.5 Å². The zero-order chi connectivity index (χ0) is 23.3.